The first kappa shape index (κ1) is 23.2. The van der Waals surface area contributed by atoms with E-state index in [1.807, 2.05) is 6.92 Å². The van der Waals surface area contributed by atoms with Gasteiger partial charge in [-0.25, -0.2) is 26.9 Å². The summed E-state index contributed by atoms with van der Waals surface area (Å²) in [7, 11) is -3.83. The first-order valence-electron chi connectivity index (χ1n) is 11.5. The lowest BCUT2D eigenvalue weighted by atomic mass is 10.1. The summed E-state index contributed by atoms with van der Waals surface area (Å²) in [5, 5.41) is 7.26. The molecule has 2 saturated heterocycles. The number of rotatable bonds is 6. The molecule has 0 bridgehead atoms. The monoisotopic (exact) mass is 525 g/mol. The SMILES string of the molecule is CC1(NS(=O)(=O)c2cc(N3CCN4CCOC[C@H]4C3)c3cnc(-c4nnc(C(F)F)s4)n3c2)CC1. The first-order valence-corrected chi connectivity index (χ1v) is 13.8. The second kappa shape index (κ2) is 8.40. The van der Waals surface area contributed by atoms with E-state index in [1.54, 1.807) is 16.7 Å². The van der Waals surface area contributed by atoms with E-state index in [2.05, 4.69) is 29.7 Å². The van der Waals surface area contributed by atoms with Crippen molar-refractivity contribution in [1.29, 1.82) is 0 Å². The molecule has 0 spiro atoms. The zero-order chi connectivity index (χ0) is 24.4. The van der Waals surface area contributed by atoms with E-state index in [4.69, 9.17) is 4.74 Å². The number of hydrogen-bond acceptors (Lipinski definition) is 9. The third-order valence-electron chi connectivity index (χ3n) is 6.88. The van der Waals surface area contributed by atoms with Crippen molar-refractivity contribution in [3.63, 3.8) is 0 Å². The number of sulfonamides is 1. The summed E-state index contributed by atoms with van der Waals surface area (Å²) >= 11 is 0.746. The molecule has 14 heteroatoms. The summed E-state index contributed by atoms with van der Waals surface area (Å²) in [5.41, 5.74) is 0.953. The van der Waals surface area contributed by atoms with Crippen LogP contribution in [0.5, 0.6) is 0 Å². The van der Waals surface area contributed by atoms with Crippen molar-refractivity contribution >= 4 is 32.6 Å². The Morgan fingerprint density at radius 1 is 1.26 bits per heavy atom. The first-order chi connectivity index (χ1) is 16.7. The maximum Gasteiger partial charge on any atom is 0.291 e. The summed E-state index contributed by atoms with van der Waals surface area (Å²) in [6.45, 7) is 6.33. The third kappa shape index (κ3) is 4.31. The van der Waals surface area contributed by atoms with E-state index in [0.29, 0.717) is 25.3 Å². The van der Waals surface area contributed by atoms with E-state index in [1.165, 1.54) is 6.20 Å². The van der Waals surface area contributed by atoms with Crippen LogP contribution in [-0.4, -0.2) is 83.9 Å². The van der Waals surface area contributed by atoms with Gasteiger partial charge in [0.1, 0.15) is 4.90 Å². The van der Waals surface area contributed by atoms with E-state index in [-0.39, 0.29) is 21.8 Å². The Hall–Kier alpha value is -2.26. The van der Waals surface area contributed by atoms with Crippen LogP contribution in [0.3, 0.4) is 0 Å². The fraction of sp³-hybridized carbons (Fsp3) is 0.571. The van der Waals surface area contributed by atoms with E-state index >= 15 is 0 Å². The minimum atomic E-state index is -3.83. The highest BCUT2D eigenvalue weighted by Crippen LogP contribution is 2.38. The lowest BCUT2D eigenvalue weighted by Gasteiger charge is -2.44. The van der Waals surface area contributed by atoms with Crippen LogP contribution in [0.2, 0.25) is 0 Å². The molecular formula is C21H25F2N7O3S2. The highest BCUT2D eigenvalue weighted by molar-refractivity contribution is 7.89. The van der Waals surface area contributed by atoms with Crippen molar-refractivity contribution in [3.8, 4) is 10.8 Å². The van der Waals surface area contributed by atoms with Crippen molar-refractivity contribution in [3.05, 3.63) is 23.5 Å². The van der Waals surface area contributed by atoms with Crippen LogP contribution in [0.15, 0.2) is 23.4 Å². The Morgan fingerprint density at radius 2 is 2.09 bits per heavy atom. The largest absolute Gasteiger partial charge is 0.378 e. The van der Waals surface area contributed by atoms with Crippen LogP contribution < -0.4 is 9.62 Å². The number of pyridine rings is 1. The van der Waals surface area contributed by atoms with Crippen molar-refractivity contribution < 1.29 is 21.9 Å². The Bertz CT molecular complexity index is 1370. The molecule has 0 radical (unpaired) electrons. The third-order valence-corrected chi connectivity index (χ3v) is 9.41. The van der Waals surface area contributed by atoms with Gasteiger partial charge in [-0.3, -0.25) is 9.30 Å². The van der Waals surface area contributed by atoms with Gasteiger partial charge in [-0.1, -0.05) is 11.3 Å². The van der Waals surface area contributed by atoms with Crippen molar-refractivity contribution in [1.82, 2.24) is 29.2 Å². The number of fused-ring (bicyclic) bond motifs is 2. The Morgan fingerprint density at radius 3 is 2.83 bits per heavy atom. The molecule has 188 valence electrons. The number of nitrogens with one attached hydrogen (secondary N) is 1. The standard InChI is InChI=1S/C21H25F2N7O3S2/c1-21(2-3-21)27-35(31,32)14-8-15(29-5-4-28-6-7-33-12-13(28)10-29)16-9-24-18(30(16)11-14)20-26-25-19(34-20)17(22)23/h8-9,11,13,17,27H,2-7,10,12H2,1H3/t13-/m1/s1. The Labute approximate surface area is 205 Å². The van der Waals surface area contributed by atoms with E-state index in [0.717, 1.165) is 49.5 Å². The molecule has 2 aliphatic heterocycles. The molecule has 1 atom stereocenters. The van der Waals surface area contributed by atoms with Gasteiger partial charge in [0.2, 0.25) is 10.0 Å². The molecular weight excluding hydrogens is 500 g/mol. The zero-order valence-electron chi connectivity index (χ0n) is 19.0. The fourth-order valence-electron chi connectivity index (χ4n) is 4.66. The Kier molecular flexibility index (Phi) is 5.56. The molecule has 3 aromatic rings. The van der Waals surface area contributed by atoms with Crippen LogP contribution in [0.4, 0.5) is 14.5 Å². The molecule has 3 aliphatic rings. The predicted molar refractivity (Wildman–Crippen MR) is 125 cm³/mol. The number of aromatic nitrogens is 4. The molecule has 35 heavy (non-hydrogen) atoms. The average Bonchev–Trinajstić information content (AvgIpc) is 3.22. The van der Waals surface area contributed by atoms with Crippen LogP contribution in [0, 0.1) is 0 Å². The van der Waals surface area contributed by atoms with Crippen molar-refractivity contribution in [2.45, 2.75) is 42.7 Å². The molecule has 1 saturated carbocycles. The molecule has 5 heterocycles. The molecule has 6 rings (SSSR count). The molecule has 0 unspecified atom stereocenters. The number of nitrogens with zero attached hydrogens (tertiary/aromatic N) is 6. The number of halogens is 2. The quantitative estimate of drug-likeness (QED) is 0.522. The van der Waals surface area contributed by atoms with E-state index < -0.39 is 27.0 Å². The second-order valence-corrected chi connectivity index (χ2v) is 12.2. The fourth-order valence-corrected chi connectivity index (χ4v) is 6.84. The smallest absolute Gasteiger partial charge is 0.291 e. The Balaban J connectivity index is 1.46. The average molecular weight is 526 g/mol. The maximum atomic E-state index is 13.3. The van der Waals surface area contributed by atoms with Gasteiger partial charge in [0.15, 0.2) is 15.8 Å². The van der Waals surface area contributed by atoms with E-state index in [9.17, 15) is 17.2 Å². The molecule has 0 aromatic carbocycles. The molecule has 3 fully saturated rings. The predicted octanol–water partition coefficient (Wildman–Crippen LogP) is 2.14. The summed E-state index contributed by atoms with van der Waals surface area (Å²) in [5.74, 6) is 0.278. The summed E-state index contributed by atoms with van der Waals surface area (Å²) in [6, 6.07) is 1.89. The van der Waals surface area contributed by atoms with Crippen LogP contribution in [0.1, 0.15) is 31.2 Å². The number of alkyl halides is 2. The number of ether oxygens (including phenoxy) is 1. The maximum absolute atomic E-state index is 13.3. The summed E-state index contributed by atoms with van der Waals surface area (Å²) < 4.78 is 63.0. The van der Waals surface area contributed by atoms with Gasteiger partial charge in [-0.15, -0.1) is 10.2 Å². The zero-order valence-corrected chi connectivity index (χ0v) is 20.7. The summed E-state index contributed by atoms with van der Waals surface area (Å²) in [6.07, 6.45) is 1.93. The molecule has 1 N–H and O–H groups in total. The van der Waals surface area contributed by atoms with Crippen LogP contribution in [-0.2, 0) is 14.8 Å². The summed E-state index contributed by atoms with van der Waals surface area (Å²) in [4.78, 5) is 9.07. The van der Waals surface area contributed by atoms with Gasteiger partial charge >= 0.3 is 0 Å². The van der Waals surface area contributed by atoms with Crippen molar-refractivity contribution in [2.75, 3.05) is 44.3 Å². The van der Waals surface area contributed by atoms with Gasteiger partial charge in [0, 0.05) is 37.9 Å². The molecule has 1 aliphatic carbocycles. The number of hydrogen-bond donors (Lipinski definition) is 1. The van der Waals surface area contributed by atoms with Gasteiger partial charge in [0.25, 0.3) is 6.43 Å². The van der Waals surface area contributed by atoms with Gasteiger partial charge in [-0.2, -0.15) is 0 Å². The highest BCUT2D eigenvalue weighted by Gasteiger charge is 2.42. The highest BCUT2D eigenvalue weighted by atomic mass is 32.2. The number of imidazole rings is 1. The van der Waals surface area contributed by atoms with Gasteiger partial charge in [-0.05, 0) is 25.8 Å². The number of anilines is 1. The second-order valence-electron chi connectivity index (χ2n) is 9.52. The molecule has 3 aromatic heterocycles. The van der Waals surface area contributed by atoms with Crippen molar-refractivity contribution in [2.24, 2.45) is 0 Å². The topological polar surface area (TPSA) is 105 Å². The van der Waals surface area contributed by atoms with Gasteiger partial charge < -0.3 is 9.64 Å². The lowest BCUT2D eigenvalue weighted by molar-refractivity contribution is -0.0116. The number of piperazine rings is 1. The van der Waals surface area contributed by atoms with Crippen LogP contribution in [0.25, 0.3) is 16.3 Å². The molecule has 10 nitrogen and oxygen atoms in total. The van der Waals surface area contributed by atoms with Gasteiger partial charge in [0.05, 0.1) is 36.7 Å². The normalized spacial score (nSPS) is 22.6. The lowest BCUT2D eigenvalue weighted by Crippen LogP contribution is -2.58. The number of morpholine rings is 1. The van der Waals surface area contributed by atoms with Crippen LogP contribution >= 0.6 is 11.3 Å². The minimum absolute atomic E-state index is 0.0910. The minimum Gasteiger partial charge on any atom is -0.378 e. The molecule has 0 amide bonds.